The van der Waals surface area contributed by atoms with Crippen molar-refractivity contribution in [1.82, 2.24) is 10.2 Å². The van der Waals surface area contributed by atoms with Crippen LogP contribution in [0.3, 0.4) is 0 Å². The van der Waals surface area contributed by atoms with Gasteiger partial charge in [0.25, 0.3) is 5.91 Å². The molecule has 0 bridgehead atoms. The van der Waals surface area contributed by atoms with Gasteiger partial charge in [0.15, 0.2) is 0 Å². The molecule has 0 aromatic heterocycles. The lowest BCUT2D eigenvalue weighted by Gasteiger charge is -2.32. The average molecular weight is 349 g/mol. The molecule has 0 radical (unpaired) electrons. The van der Waals surface area contributed by atoms with Crippen LogP contribution in [0.25, 0.3) is 0 Å². The summed E-state index contributed by atoms with van der Waals surface area (Å²) in [7, 11) is 1.98. The predicted octanol–water partition coefficient (Wildman–Crippen LogP) is 3.70. The molecule has 21 heavy (non-hydrogen) atoms. The van der Waals surface area contributed by atoms with Crippen LogP contribution >= 0.6 is 35.8 Å². The highest BCUT2D eigenvalue weighted by Crippen LogP contribution is 2.27. The van der Waals surface area contributed by atoms with E-state index in [2.05, 4.69) is 12.2 Å². The Balaban J connectivity index is 0.00000220. The van der Waals surface area contributed by atoms with E-state index in [0.29, 0.717) is 11.1 Å². The molecular weight excluding hydrogens is 327 g/mol. The number of halogens is 2. The number of nitrogens with one attached hydrogen (secondary N) is 1. The van der Waals surface area contributed by atoms with E-state index in [9.17, 15) is 4.79 Å². The third-order valence-corrected chi connectivity index (χ3v) is 4.85. The first-order valence-corrected chi connectivity index (χ1v) is 8.41. The van der Waals surface area contributed by atoms with Gasteiger partial charge in [0.1, 0.15) is 0 Å². The van der Waals surface area contributed by atoms with Crippen molar-refractivity contribution in [3.8, 4) is 0 Å². The SMILES string of the molecule is CCSc1ccc(Cl)cc1C(=O)N1CCC(NC)CC1.Cl. The molecule has 1 aliphatic heterocycles. The van der Waals surface area contributed by atoms with Gasteiger partial charge < -0.3 is 10.2 Å². The summed E-state index contributed by atoms with van der Waals surface area (Å²) in [6, 6.07) is 6.13. The smallest absolute Gasteiger partial charge is 0.255 e. The van der Waals surface area contributed by atoms with Gasteiger partial charge in [0, 0.05) is 29.0 Å². The number of benzene rings is 1. The molecule has 3 nitrogen and oxygen atoms in total. The molecule has 1 aliphatic rings. The monoisotopic (exact) mass is 348 g/mol. The highest BCUT2D eigenvalue weighted by molar-refractivity contribution is 7.99. The third-order valence-electron chi connectivity index (χ3n) is 3.66. The first kappa shape index (κ1) is 18.6. The quantitative estimate of drug-likeness (QED) is 0.842. The Morgan fingerprint density at radius 3 is 2.67 bits per heavy atom. The maximum atomic E-state index is 12.7. The normalized spacial score (nSPS) is 15.7. The third kappa shape index (κ3) is 4.78. The number of hydrogen-bond donors (Lipinski definition) is 1. The van der Waals surface area contributed by atoms with Gasteiger partial charge in [-0.2, -0.15) is 0 Å². The van der Waals surface area contributed by atoms with Crippen LogP contribution < -0.4 is 5.32 Å². The lowest BCUT2D eigenvalue weighted by atomic mass is 10.0. The fourth-order valence-electron chi connectivity index (χ4n) is 2.49. The van der Waals surface area contributed by atoms with Crippen LogP contribution in [0, 0.1) is 0 Å². The molecule has 0 saturated carbocycles. The molecule has 1 saturated heterocycles. The summed E-state index contributed by atoms with van der Waals surface area (Å²) in [5.41, 5.74) is 0.743. The van der Waals surface area contributed by atoms with Crippen LogP contribution in [-0.4, -0.2) is 42.7 Å². The van der Waals surface area contributed by atoms with Gasteiger partial charge in [0.2, 0.25) is 0 Å². The summed E-state index contributed by atoms with van der Waals surface area (Å²) >= 11 is 7.75. The fraction of sp³-hybridized carbons (Fsp3) is 0.533. The predicted molar refractivity (Wildman–Crippen MR) is 93.1 cm³/mol. The van der Waals surface area contributed by atoms with Crippen molar-refractivity contribution >= 4 is 41.7 Å². The van der Waals surface area contributed by atoms with Crippen molar-refractivity contribution in [2.45, 2.75) is 30.7 Å². The minimum Gasteiger partial charge on any atom is -0.338 e. The molecule has 0 atom stereocenters. The number of hydrogen-bond acceptors (Lipinski definition) is 3. The zero-order valence-electron chi connectivity index (χ0n) is 12.4. The van der Waals surface area contributed by atoms with Gasteiger partial charge in [-0.25, -0.2) is 0 Å². The molecule has 1 N–H and O–H groups in total. The minimum absolute atomic E-state index is 0. The standard InChI is InChI=1S/C15H21ClN2OS.ClH/c1-3-20-14-5-4-11(16)10-13(14)15(19)18-8-6-12(17-2)7-9-18;/h4-5,10,12,17H,3,6-9H2,1-2H3;1H. The molecule has 2 rings (SSSR count). The number of nitrogens with zero attached hydrogens (tertiary/aromatic N) is 1. The summed E-state index contributed by atoms with van der Waals surface area (Å²) in [6.45, 7) is 3.71. The number of carbonyl (C=O) groups excluding carboxylic acids is 1. The Kier molecular flexibility index (Phi) is 7.88. The van der Waals surface area contributed by atoms with E-state index in [1.165, 1.54) is 0 Å². The van der Waals surface area contributed by atoms with Gasteiger partial charge in [-0.1, -0.05) is 18.5 Å². The van der Waals surface area contributed by atoms with Gasteiger partial charge in [-0.05, 0) is 43.8 Å². The van der Waals surface area contributed by atoms with Gasteiger partial charge in [-0.3, -0.25) is 4.79 Å². The summed E-state index contributed by atoms with van der Waals surface area (Å²) in [4.78, 5) is 15.6. The Bertz CT molecular complexity index is 477. The molecule has 1 aromatic carbocycles. The van der Waals surface area contributed by atoms with Crippen LogP contribution in [0.4, 0.5) is 0 Å². The van der Waals surface area contributed by atoms with Crippen LogP contribution in [0.2, 0.25) is 5.02 Å². The van der Waals surface area contributed by atoms with Crippen molar-refractivity contribution in [2.75, 3.05) is 25.9 Å². The number of amides is 1. The van der Waals surface area contributed by atoms with Crippen molar-refractivity contribution < 1.29 is 4.79 Å². The van der Waals surface area contributed by atoms with E-state index in [1.807, 2.05) is 24.1 Å². The van der Waals surface area contributed by atoms with E-state index >= 15 is 0 Å². The Morgan fingerprint density at radius 2 is 2.10 bits per heavy atom. The van der Waals surface area contributed by atoms with Crippen LogP contribution in [0.5, 0.6) is 0 Å². The molecule has 0 aliphatic carbocycles. The Morgan fingerprint density at radius 1 is 1.43 bits per heavy atom. The van der Waals surface area contributed by atoms with Gasteiger partial charge >= 0.3 is 0 Å². The first-order chi connectivity index (χ1) is 9.65. The maximum absolute atomic E-state index is 12.7. The number of rotatable bonds is 4. The summed E-state index contributed by atoms with van der Waals surface area (Å²) < 4.78 is 0. The first-order valence-electron chi connectivity index (χ1n) is 7.04. The Labute approximate surface area is 142 Å². The highest BCUT2D eigenvalue weighted by Gasteiger charge is 2.24. The molecule has 1 amide bonds. The van der Waals surface area contributed by atoms with Crippen LogP contribution in [-0.2, 0) is 0 Å². The lowest BCUT2D eigenvalue weighted by Crippen LogP contribution is -2.44. The molecule has 1 aromatic rings. The molecule has 118 valence electrons. The lowest BCUT2D eigenvalue weighted by molar-refractivity contribution is 0.0704. The second-order valence-electron chi connectivity index (χ2n) is 4.93. The van der Waals surface area contributed by atoms with Crippen molar-refractivity contribution in [2.24, 2.45) is 0 Å². The Hall–Kier alpha value is -0.420. The largest absolute Gasteiger partial charge is 0.338 e. The molecule has 6 heteroatoms. The van der Waals surface area contributed by atoms with Gasteiger partial charge in [0.05, 0.1) is 5.56 Å². The zero-order valence-corrected chi connectivity index (χ0v) is 14.8. The van der Waals surface area contributed by atoms with E-state index in [-0.39, 0.29) is 18.3 Å². The molecule has 0 spiro atoms. The number of piperidine rings is 1. The van der Waals surface area contributed by atoms with Gasteiger partial charge in [-0.15, -0.1) is 24.2 Å². The summed E-state index contributed by atoms with van der Waals surface area (Å²) in [5, 5.41) is 3.90. The summed E-state index contributed by atoms with van der Waals surface area (Å²) in [5.74, 6) is 1.06. The topological polar surface area (TPSA) is 32.3 Å². The second-order valence-corrected chi connectivity index (χ2v) is 6.67. The molecular formula is C15H22Cl2N2OS. The van der Waals surface area contributed by atoms with Crippen molar-refractivity contribution in [3.05, 3.63) is 28.8 Å². The highest BCUT2D eigenvalue weighted by atomic mass is 35.5. The average Bonchev–Trinajstić information content (AvgIpc) is 2.48. The minimum atomic E-state index is 0. The second kappa shape index (κ2) is 8.89. The van der Waals surface area contributed by atoms with Crippen molar-refractivity contribution in [1.29, 1.82) is 0 Å². The van der Waals surface area contributed by atoms with Crippen LogP contribution in [0.15, 0.2) is 23.1 Å². The fourth-order valence-corrected chi connectivity index (χ4v) is 3.44. The summed E-state index contributed by atoms with van der Waals surface area (Å²) in [6.07, 6.45) is 2.03. The molecule has 1 heterocycles. The number of carbonyl (C=O) groups is 1. The van der Waals surface area contributed by atoms with E-state index in [0.717, 1.165) is 42.1 Å². The van der Waals surface area contributed by atoms with Crippen LogP contribution in [0.1, 0.15) is 30.1 Å². The number of thioether (sulfide) groups is 1. The maximum Gasteiger partial charge on any atom is 0.255 e. The van der Waals surface area contributed by atoms with E-state index < -0.39 is 0 Å². The zero-order chi connectivity index (χ0) is 14.5. The van der Waals surface area contributed by atoms with E-state index in [1.54, 1.807) is 17.8 Å². The molecule has 0 unspecified atom stereocenters. The molecule has 1 fully saturated rings. The van der Waals surface area contributed by atoms with Crippen molar-refractivity contribution in [3.63, 3.8) is 0 Å². The van der Waals surface area contributed by atoms with E-state index in [4.69, 9.17) is 11.6 Å². The number of likely N-dealkylation sites (tertiary alicyclic amines) is 1.